The summed E-state index contributed by atoms with van der Waals surface area (Å²) in [5.74, 6) is 0. The number of hydrogen-bond acceptors (Lipinski definition) is 5. The third-order valence-electron chi connectivity index (χ3n) is 0. The summed E-state index contributed by atoms with van der Waals surface area (Å²) in [6.45, 7) is 0. The molecule has 5 N–H and O–H groups in total. The van der Waals surface area contributed by atoms with Crippen LogP contribution in [-0.2, 0) is 33.6 Å². The van der Waals surface area contributed by atoms with Crippen molar-refractivity contribution < 1.29 is 60.9 Å². The zero-order valence-electron chi connectivity index (χ0n) is 3.41. The number of rotatable bonds is 0. The van der Waals surface area contributed by atoms with Gasteiger partial charge in [0.15, 0.2) is 0 Å². The second-order valence-corrected chi connectivity index (χ2v) is 0. The Morgan fingerprint density at radius 3 is 0.500 bits per heavy atom. The normalized spacial score (nSPS) is 0. The molecule has 0 unspecified atom stereocenters. The van der Waals surface area contributed by atoms with Crippen LogP contribution in [0.4, 0.5) is 0 Å². The van der Waals surface area contributed by atoms with Gasteiger partial charge in [-0.1, -0.05) is 0 Å². The largest absolute Gasteiger partial charge is 3.00 e. The predicted octanol–water partition coefficient (Wildman–Crippen LogP) is -0.776. The maximum absolute atomic E-state index is 0. The van der Waals surface area contributed by atoms with Gasteiger partial charge in [-0.2, -0.15) is 13.5 Å². The Bertz CT molecular complexity index is 12.4. The van der Waals surface area contributed by atoms with E-state index in [1.54, 1.807) is 0 Å². The molecule has 8 heteroatoms. The van der Waals surface area contributed by atoms with Gasteiger partial charge < -0.3 is 27.4 Å². The van der Waals surface area contributed by atoms with Crippen molar-refractivity contribution in [3.8, 4) is 0 Å². The van der Waals surface area contributed by atoms with Crippen LogP contribution in [0.25, 0.3) is 0 Å². The molecule has 0 aromatic heterocycles. The van der Waals surface area contributed by atoms with Crippen LogP contribution in [0.1, 0.15) is 0 Å². The maximum atomic E-state index is 0. The summed E-state index contributed by atoms with van der Waals surface area (Å²) in [4.78, 5) is 0. The standard InChI is InChI=1S/Fe.Ni.5H2O.H2S/h;;6*1H2/q+3;+2;;;;;;/p-5. The van der Waals surface area contributed by atoms with Crippen LogP contribution in [0.3, 0.4) is 0 Å². The van der Waals surface area contributed by atoms with E-state index in [-0.39, 0.29) is 74.4 Å². The first-order chi connectivity index (χ1) is 0. The molecule has 0 spiro atoms. The minimum atomic E-state index is 0. The molecule has 0 atom stereocenters. The average Bonchev–Trinajstić information content (AvgIpc) is 0. The van der Waals surface area contributed by atoms with Crippen molar-refractivity contribution in [1.82, 2.24) is 0 Å². The van der Waals surface area contributed by atoms with Crippen molar-refractivity contribution in [3.63, 3.8) is 0 Å². The maximum Gasteiger partial charge on any atom is 3.00 e. The predicted molar refractivity (Wildman–Crippen MR) is 20.1 cm³/mol. The summed E-state index contributed by atoms with van der Waals surface area (Å²) < 4.78 is 0. The zero-order valence-corrected chi connectivity index (χ0v) is 6.50. The average molecular weight is 234 g/mol. The quantitative estimate of drug-likeness (QED) is 0.503. The fourth-order valence-corrected chi connectivity index (χ4v) is 0. The van der Waals surface area contributed by atoms with E-state index in [1.807, 2.05) is 0 Å². The zero-order chi connectivity index (χ0) is 0. The monoisotopic (exact) mass is 233 g/mol. The third-order valence-corrected chi connectivity index (χ3v) is 0. The first kappa shape index (κ1) is 451. The van der Waals surface area contributed by atoms with Gasteiger partial charge in [0.1, 0.15) is 0 Å². The fourth-order valence-electron chi connectivity index (χ4n) is 0. The molecule has 0 aliphatic rings. The van der Waals surface area contributed by atoms with Crippen molar-refractivity contribution in [3.05, 3.63) is 0 Å². The summed E-state index contributed by atoms with van der Waals surface area (Å²) in [5, 5.41) is 0. The van der Waals surface area contributed by atoms with Gasteiger partial charge in [-0.25, -0.2) is 0 Å². The molecule has 1 radical (unpaired) electrons. The Labute approximate surface area is 74.6 Å². The summed E-state index contributed by atoms with van der Waals surface area (Å²) >= 11 is 0. The van der Waals surface area contributed by atoms with Crippen LogP contribution >= 0.6 is 13.5 Å². The Balaban J connectivity index is 0. The van der Waals surface area contributed by atoms with E-state index in [0.29, 0.717) is 0 Å². The Hall–Kier alpha value is 1.16. The van der Waals surface area contributed by atoms with Crippen molar-refractivity contribution in [1.29, 1.82) is 0 Å². The van der Waals surface area contributed by atoms with Crippen molar-refractivity contribution >= 4 is 13.5 Å². The first-order valence-corrected chi connectivity index (χ1v) is 0. The van der Waals surface area contributed by atoms with E-state index in [0.717, 1.165) is 0 Å². The van der Waals surface area contributed by atoms with Crippen molar-refractivity contribution in [2.24, 2.45) is 0 Å². The summed E-state index contributed by atoms with van der Waals surface area (Å²) in [6, 6.07) is 0. The third kappa shape index (κ3) is 201. The fraction of sp³-hybridized carbons (Fsp3) is 0. The summed E-state index contributed by atoms with van der Waals surface area (Å²) in [6.07, 6.45) is 0. The van der Waals surface area contributed by atoms with Crippen LogP contribution in [0.2, 0.25) is 0 Å². The van der Waals surface area contributed by atoms with Gasteiger partial charge in [-0.05, 0) is 0 Å². The number of hydrogen-bond donors (Lipinski definition) is 0. The molecule has 0 aliphatic heterocycles. The van der Waals surface area contributed by atoms with Gasteiger partial charge >= 0.3 is 33.6 Å². The van der Waals surface area contributed by atoms with Crippen LogP contribution in [0.15, 0.2) is 0 Å². The van der Waals surface area contributed by atoms with Crippen molar-refractivity contribution in [2.45, 2.75) is 0 Å². The van der Waals surface area contributed by atoms with Crippen LogP contribution in [-0.4, -0.2) is 27.4 Å². The van der Waals surface area contributed by atoms with E-state index in [4.69, 9.17) is 0 Å². The molecule has 0 amide bonds. The second kappa shape index (κ2) is 310. The van der Waals surface area contributed by atoms with Gasteiger partial charge in [0.25, 0.3) is 0 Å². The molecule has 0 rings (SSSR count). The Kier molecular flexibility index (Phi) is 17500. The second-order valence-electron chi connectivity index (χ2n) is 0. The van der Waals surface area contributed by atoms with E-state index in [2.05, 4.69) is 0 Å². The SMILES string of the molecule is S.[Fe+3].[Ni+2].[OH-].[OH-].[OH-].[OH-].[OH-]. The summed E-state index contributed by atoms with van der Waals surface area (Å²) in [7, 11) is 0. The molecule has 0 bridgehead atoms. The molecule has 0 fully saturated rings. The molecule has 0 saturated heterocycles. The minimum absolute atomic E-state index is 0. The van der Waals surface area contributed by atoms with Crippen LogP contribution in [0.5, 0.6) is 0 Å². The van der Waals surface area contributed by atoms with E-state index in [9.17, 15) is 0 Å². The van der Waals surface area contributed by atoms with Crippen LogP contribution < -0.4 is 0 Å². The molecule has 8 heavy (non-hydrogen) atoms. The molecule has 61 valence electrons. The topological polar surface area (TPSA) is 150 Å². The first-order valence-electron chi connectivity index (χ1n) is 0. The van der Waals surface area contributed by atoms with Crippen LogP contribution in [0, 0.1) is 0 Å². The van der Waals surface area contributed by atoms with Gasteiger partial charge in [0.2, 0.25) is 0 Å². The van der Waals surface area contributed by atoms with E-state index in [1.165, 1.54) is 0 Å². The van der Waals surface area contributed by atoms with Crippen molar-refractivity contribution in [2.75, 3.05) is 0 Å². The minimum Gasteiger partial charge on any atom is -0.870 e. The molecule has 0 aliphatic carbocycles. The smallest absolute Gasteiger partial charge is 0.870 e. The molecular formula is H7FeNiO5S. The van der Waals surface area contributed by atoms with Gasteiger partial charge in [0.05, 0.1) is 0 Å². The van der Waals surface area contributed by atoms with E-state index >= 15 is 0 Å². The molecule has 0 aromatic carbocycles. The van der Waals surface area contributed by atoms with Gasteiger partial charge in [-0.15, -0.1) is 0 Å². The molecule has 0 aromatic rings. The molecule has 5 nitrogen and oxygen atoms in total. The molecular weight excluding hydrogens is 227 g/mol. The molecule has 0 saturated carbocycles. The van der Waals surface area contributed by atoms with E-state index < -0.39 is 0 Å². The molecule has 0 heterocycles. The Morgan fingerprint density at radius 2 is 0.500 bits per heavy atom. The summed E-state index contributed by atoms with van der Waals surface area (Å²) in [5.41, 5.74) is 0. The Morgan fingerprint density at radius 1 is 0.500 bits per heavy atom. The van der Waals surface area contributed by atoms with Gasteiger partial charge in [-0.3, -0.25) is 0 Å². The van der Waals surface area contributed by atoms with Gasteiger partial charge in [0, 0.05) is 0 Å².